The van der Waals surface area contributed by atoms with Crippen molar-refractivity contribution < 1.29 is 18.3 Å². The Morgan fingerprint density at radius 2 is 2.08 bits per heavy atom. The molecule has 13 heavy (non-hydrogen) atoms. The van der Waals surface area contributed by atoms with E-state index in [9.17, 15) is 18.0 Å². The van der Waals surface area contributed by atoms with Crippen LogP contribution in [0.5, 0.6) is 0 Å². The van der Waals surface area contributed by atoms with Crippen LogP contribution in [0.4, 0.5) is 13.2 Å². The smallest absolute Gasteiger partial charge is 0.391 e. The third kappa shape index (κ3) is 2.09. The number of nitrogens with one attached hydrogen (secondary N) is 1. The second kappa shape index (κ2) is 3.21. The Morgan fingerprint density at radius 1 is 1.46 bits per heavy atom. The lowest BCUT2D eigenvalue weighted by molar-refractivity contribution is -0.137. The molecule has 0 aliphatic heterocycles. The van der Waals surface area contributed by atoms with Crippen molar-refractivity contribution in [1.29, 1.82) is 0 Å². The largest absolute Gasteiger partial charge is 0.417 e. The SMILES string of the molecule is O=c1[nH]cc(C(F)(F)F)cc1CO. The summed E-state index contributed by atoms with van der Waals surface area (Å²) in [5.41, 5.74) is -1.98. The van der Waals surface area contributed by atoms with E-state index in [0.29, 0.717) is 12.3 Å². The first-order valence-corrected chi connectivity index (χ1v) is 3.35. The third-order valence-electron chi connectivity index (χ3n) is 1.48. The molecule has 0 atom stereocenters. The van der Waals surface area contributed by atoms with Gasteiger partial charge < -0.3 is 10.1 Å². The standard InChI is InChI=1S/C7H6F3NO2/c8-7(9,10)5-1-4(3-12)6(13)11-2-5/h1-2,12H,3H2,(H,11,13). The van der Waals surface area contributed by atoms with Crippen LogP contribution in [0.3, 0.4) is 0 Å². The van der Waals surface area contributed by atoms with Gasteiger partial charge in [-0.3, -0.25) is 4.79 Å². The highest BCUT2D eigenvalue weighted by molar-refractivity contribution is 5.20. The molecule has 1 aromatic heterocycles. The van der Waals surface area contributed by atoms with E-state index in [4.69, 9.17) is 5.11 Å². The van der Waals surface area contributed by atoms with Crippen molar-refractivity contribution in [2.75, 3.05) is 0 Å². The summed E-state index contributed by atoms with van der Waals surface area (Å²) < 4.78 is 36.1. The predicted octanol–water partition coefficient (Wildman–Crippen LogP) is 0.886. The Morgan fingerprint density at radius 3 is 2.54 bits per heavy atom. The molecule has 0 saturated heterocycles. The van der Waals surface area contributed by atoms with E-state index in [-0.39, 0.29) is 5.56 Å². The Labute approximate surface area is 70.8 Å². The zero-order valence-corrected chi connectivity index (χ0v) is 6.35. The Hall–Kier alpha value is -1.30. The van der Waals surface area contributed by atoms with Crippen LogP contribution in [0.1, 0.15) is 11.1 Å². The fourth-order valence-corrected chi connectivity index (χ4v) is 0.812. The summed E-state index contributed by atoms with van der Waals surface area (Å²) in [4.78, 5) is 12.6. The molecule has 0 aliphatic rings. The lowest BCUT2D eigenvalue weighted by Gasteiger charge is -2.06. The summed E-state index contributed by atoms with van der Waals surface area (Å²) in [6, 6.07) is 0.624. The van der Waals surface area contributed by atoms with Crippen molar-refractivity contribution >= 4 is 0 Å². The van der Waals surface area contributed by atoms with Crippen LogP contribution >= 0.6 is 0 Å². The van der Waals surface area contributed by atoms with Gasteiger partial charge in [0.2, 0.25) is 0 Å². The molecule has 0 aliphatic carbocycles. The number of aliphatic hydroxyl groups excluding tert-OH is 1. The van der Waals surface area contributed by atoms with Gasteiger partial charge in [-0.1, -0.05) is 0 Å². The molecule has 0 unspecified atom stereocenters. The second-order valence-corrected chi connectivity index (χ2v) is 2.40. The van der Waals surface area contributed by atoms with Gasteiger partial charge in [-0.15, -0.1) is 0 Å². The molecule has 0 bridgehead atoms. The van der Waals surface area contributed by atoms with E-state index in [1.807, 2.05) is 4.98 Å². The van der Waals surface area contributed by atoms with E-state index in [0.717, 1.165) is 0 Å². The van der Waals surface area contributed by atoms with Crippen molar-refractivity contribution in [2.24, 2.45) is 0 Å². The molecule has 0 radical (unpaired) electrons. The first-order chi connectivity index (χ1) is 5.95. The summed E-state index contributed by atoms with van der Waals surface area (Å²) in [5.74, 6) is 0. The number of hydrogen-bond donors (Lipinski definition) is 2. The van der Waals surface area contributed by atoms with E-state index in [1.54, 1.807) is 0 Å². The maximum absolute atomic E-state index is 12.0. The Kier molecular flexibility index (Phi) is 2.42. The molecule has 6 heteroatoms. The summed E-state index contributed by atoms with van der Waals surface area (Å²) in [7, 11) is 0. The number of rotatable bonds is 1. The van der Waals surface area contributed by atoms with Crippen LogP contribution in [0, 0.1) is 0 Å². The summed E-state index contributed by atoms with van der Waals surface area (Å²) in [5, 5.41) is 8.52. The Bertz CT molecular complexity index is 355. The summed E-state index contributed by atoms with van der Waals surface area (Å²) in [6.07, 6.45) is -3.93. The van der Waals surface area contributed by atoms with Gasteiger partial charge in [-0.2, -0.15) is 13.2 Å². The van der Waals surface area contributed by atoms with Crippen molar-refractivity contribution in [2.45, 2.75) is 12.8 Å². The minimum atomic E-state index is -4.51. The van der Waals surface area contributed by atoms with Crippen LogP contribution in [0.25, 0.3) is 0 Å². The van der Waals surface area contributed by atoms with Gasteiger partial charge in [0.05, 0.1) is 12.2 Å². The van der Waals surface area contributed by atoms with E-state index < -0.39 is 23.9 Å². The fourth-order valence-electron chi connectivity index (χ4n) is 0.812. The zero-order valence-electron chi connectivity index (χ0n) is 6.35. The van der Waals surface area contributed by atoms with Gasteiger partial charge >= 0.3 is 6.18 Å². The number of aromatic nitrogens is 1. The van der Waals surface area contributed by atoms with Crippen molar-refractivity contribution in [3.05, 3.63) is 33.7 Å². The highest BCUT2D eigenvalue weighted by Crippen LogP contribution is 2.28. The van der Waals surface area contributed by atoms with Gasteiger partial charge in [0, 0.05) is 11.8 Å². The lowest BCUT2D eigenvalue weighted by Crippen LogP contribution is -2.16. The summed E-state index contributed by atoms with van der Waals surface area (Å²) in [6.45, 7) is -0.709. The number of pyridine rings is 1. The quantitative estimate of drug-likeness (QED) is 0.695. The molecule has 3 nitrogen and oxygen atoms in total. The topological polar surface area (TPSA) is 53.1 Å². The van der Waals surface area contributed by atoms with Gasteiger partial charge in [0.15, 0.2) is 0 Å². The molecule has 72 valence electrons. The molecule has 1 rings (SSSR count). The number of H-pyrrole nitrogens is 1. The van der Waals surface area contributed by atoms with Crippen molar-refractivity contribution in [3.8, 4) is 0 Å². The molecular weight excluding hydrogens is 187 g/mol. The number of halogens is 3. The zero-order chi connectivity index (χ0) is 10.1. The fraction of sp³-hybridized carbons (Fsp3) is 0.286. The van der Waals surface area contributed by atoms with Crippen molar-refractivity contribution in [3.63, 3.8) is 0 Å². The monoisotopic (exact) mass is 193 g/mol. The van der Waals surface area contributed by atoms with Crippen molar-refractivity contribution in [1.82, 2.24) is 4.98 Å². The average Bonchev–Trinajstić information content (AvgIpc) is 2.03. The van der Waals surface area contributed by atoms with Gasteiger partial charge in [0.25, 0.3) is 5.56 Å². The molecule has 1 aromatic rings. The highest BCUT2D eigenvalue weighted by Gasteiger charge is 2.31. The maximum atomic E-state index is 12.0. The number of aromatic amines is 1. The maximum Gasteiger partial charge on any atom is 0.417 e. The lowest BCUT2D eigenvalue weighted by atomic mass is 10.2. The predicted molar refractivity (Wildman–Crippen MR) is 38.0 cm³/mol. The molecule has 0 fully saturated rings. The number of aliphatic hydroxyl groups is 1. The van der Waals surface area contributed by atoms with Gasteiger partial charge in [-0.25, -0.2) is 0 Å². The van der Waals surface area contributed by atoms with E-state index >= 15 is 0 Å². The minimum Gasteiger partial charge on any atom is -0.391 e. The van der Waals surface area contributed by atoms with Crippen LogP contribution in [-0.2, 0) is 12.8 Å². The van der Waals surface area contributed by atoms with Gasteiger partial charge in [-0.05, 0) is 6.07 Å². The second-order valence-electron chi connectivity index (χ2n) is 2.40. The van der Waals surface area contributed by atoms with Crippen LogP contribution < -0.4 is 5.56 Å². The molecule has 1 heterocycles. The van der Waals surface area contributed by atoms with E-state index in [2.05, 4.69) is 0 Å². The van der Waals surface area contributed by atoms with E-state index in [1.165, 1.54) is 0 Å². The van der Waals surface area contributed by atoms with Gasteiger partial charge in [0.1, 0.15) is 0 Å². The molecule has 0 aromatic carbocycles. The molecule has 0 saturated carbocycles. The molecular formula is C7H6F3NO2. The normalized spacial score (nSPS) is 11.7. The average molecular weight is 193 g/mol. The molecule has 0 amide bonds. The first kappa shape index (κ1) is 9.79. The molecule has 0 spiro atoms. The summed E-state index contributed by atoms with van der Waals surface area (Å²) >= 11 is 0. The first-order valence-electron chi connectivity index (χ1n) is 3.35. The minimum absolute atomic E-state index is 0.296. The highest BCUT2D eigenvalue weighted by atomic mass is 19.4. The Balaban J connectivity index is 3.22. The number of alkyl halides is 3. The van der Waals surface area contributed by atoms with Crippen LogP contribution in [0.2, 0.25) is 0 Å². The third-order valence-corrected chi connectivity index (χ3v) is 1.48. The van der Waals surface area contributed by atoms with Crippen LogP contribution in [-0.4, -0.2) is 10.1 Å². The molecule has 2 N–H and O–H groups in total. The number of hydrogen-bond acceptors (Lipinski definition) is 2. The van der Waals surface area contributed by atoms with Crippen LogP contribution in [0.15, 0.2) is 17.1 Å².